The fourth-order valence-corrected chi connectivity index (χ4v) is 7.60. The van der Waals surface area contributed by atoms with Crippen molar-refractivity contribution in [3.8, 4) is 5.75 Å². The van der Waals surface area contributed by atoms with Crippen molar-refractivity contribution in [2.75, 3.05) is 35.3 Å². The number of rotatable bonds is 6. The molecule has 2 unspecified atom stereocenters. The fraction of sp³-hybridized carbons (Fsp3) is 0.469. The van der Waals surface area contributed by atoms with Crippen LogP contribution in [0.25, 0.3) is 16.7 Å². The van der Waals surface area contributed by atoms with Crippen LogP contribution in [0.1, 0.15) is 68.0 Å². The third-order valence-electron chi connectivity index (χ3n) is 9.28. The van der Waals surface area contributed by atoms with Crippen molar-refractivity contribution in [3.05, 3.63) is 58.3 Å². The van der Waals surface area contributed by atoms with Crippen LogP contribution in [-0.4, -0.2) is 75.2 Å². The van der Waals surface area contributed by atoms with Gasteiger partial charge in [0.1, 0.15) is 11.6 Å². The number of fused-ring (bicyclic) bond motifs is 6. The Hall–Kier alpha value is -3.90. The third-order valence-corrected chi connectivity index (χ3v) is 10.7. The molecule has 0 spiro atoms. The van der Waals surface area contributed by atoms with Crippen LogP contribution in [-0.2, 0) is 24.6 Å². The molecule has 0 saturated heterocycles. The number of aromatic nitrogens is 1. The second-order valence-corrected chi connectivity index (χ2v) is 14.2. The Balaban J connectivity index is 1.64. The number of carbonyl (C=O) groups is 3. The molecule has 3 amide bonds. The summed E-state index contributed by atoms with van der Waals surface area (Å²) in [6, 6.07) is 6.21. The molecular formula is C32H39N5O6S. The first-order valence-electron chi connectivity index (χ1n) is 15.1. The van der Waals surface area contributed by atoms with Gasteiger partial charge in [-0.1, -0.05) is 37.5 Å². The van der Waals surface area contributed by atoms with E-state index < -0.39 is 33.8 Å². The van der Waals surface area contributed by atoms with Crippen LogP contribution in [0.3, 0.4) is 0 Å². The molecule has 2 aromatic rings. The maximum absolute atomic E-state index is 13.7. The van der Waals surface area contributed by atoms with Gasteiger partial charge in [-0.15, -0.1) is 0 Å². The Morgan fingerprint density at radius 3 is 2.39 bits per heavy atom. The van der Waals surface area contributed by atoms with Crippen molar-refractivity contribution in [2.24, 2.45) is 5.92 Å². The smallest absolute Gasteiger partial charge is 0.315 e. The highest BCUT2D eigenvalue weighted by molar-refractivity contribution is 7.87. The highest BCUT2D eigenvalue weighted by Gasteiger charge is 2.53. The summed E-state index contributed by atoms with van der Waals surface area (Å²) in [5.74, 6) is -2.02. The van der Waals surface area contributed by atoms with E-state index in [4.69, 9.17) is 4.74 Å². The Labute approximate surface area is 257 Å². The number of nitrogens with zero attached hydrogens (tertiary/aromatic N) is 3. The Bertz CT molecular complexity index is 1770. The zero-order valence-corrected chi connectivity index (χ0v) is 26.6. The lowest BCUT2D eigenvalue weighted by Gasteiger charge is -2.27. The van der Waals surface area contributed by atoms with Gasteiger partial charge >= 0.3 is 22.0 Å². The maximum Gasteiger partial charge on any atom is 0.315 e. The molecule has 2 saturated carbocycles. The van der Waals surface area contributed by atoms with E-state index >= 15 is 0 Å². The van der Waals surface area contributed by atoms with E-state index in [9.17, 15) is 22.8 Å². The fourth-order valence-electron chi connectivity index (χ4n) is 7.04. The first-order valence-corrected chi connectivity index (χ1v) is 16.5. The standard InChI is InChI=1S/C32H39N5O6S/c1-35(2)32(40)31(39)33-29-26-25(27(26)30(38)34-44(41,42)36(3)4)21-14-10-9-13-20(21)23-17-22-24(43-5)16-15-19(28(22)37(23)29)18-11-7-6-8-12-18/h10,14-18,20,27H,6-9,11-13H2,1-5H3,(H,33,39)(H,34,38). The highest BCUT2D eigenvalue weighted by Crippen LogP contribution is 2.58. The first kappa shape index (κ1) is 30.1. The SMILES string of the molecule is COc1ccc(C2CCCCC2)c2c1cc1n2C(NC(=O)C(=O)N(C)C)=C2C(=C3C=CCCC31)C2C(=O)NS(=O)(=O)N(C)C. The molecule has 1 aromatic carbocycles. The van der Waals surface area contributed by atoms with E-state index in [0.717, 1.165) is 70.6 Å². The van der Waals surface area contributed by atoms with Crippen LogP contribution in [0, 0.1) is 5.92 Å². The van der Waals surface area contributed by atoms with Gasteiger partial charge in [-0.05, 0) is 60.4 Å². The van der Waals surface area contributed by atoms with Crippen LogP contribution < -0.4 is 14.8 Å². The van der Waals surface area contributed by atoms with Gasteiger partial charge in [-0.25, -0.2) is 4.72 Å². The molecule has 2 heterocycles. The summed E-state index contributed by atoms with van der Waals surface area (Å²) in [5.41, 5.74) is 5.06. The van der Waals surface area contributed by atoms with Crippen LogP contribution in [0.4, 0.5) is 0 Å². The average Bonchev–Trinajstić information content (AvgIpc) is 3.65. The zero-order valence-electron chi connectivity index (χ0n) is 25.8. The van der Waals surface area contributed by atoms with Crippen molar-refractivity contribution in [1.29, 1.82) is 0 Å². The first-order chi connectivity index (χ1) is 21.0. The Kier molecular flexibility index (Phi) is 7.69. The molecule has 2 fully saturated rings. The number of ether oxygens (including phenoxy) is 1. The van der Waals surface area contributed by atoms with E-state index in [1.807, 2.05) is 16.7 Å². The largest absolute Gasteiger partial charge is 0.496 e. The third kappa shape index (κ3) is 4.93. The normalized spacial score (nSPS) is 21.4. The summed E-state index contributed by atoms with van der Waals surface area (Å²) in [4.78, 5) is 41.1. The second kappa shape index (κ2) is 11.2. The molecular weight excluding hydrogens is 582 g/mol. The summed E-state index contributed by atoms with van der Waals surface area (Å²) in [5, 5.41) is 3.78. The minimum atomic E-state index is -4.06. The van der Waals surface area contributed by atoms with Gasteiger partial charge in [-0.2, -0.15) is 12.7 Å². The molecule has 11 nitrogen and oxygen atoms in total. The Morgan fingerprint density at radius 2 is 1.73 bits per heavy atom. The quantitative estimate of drug-likeness (QED) is 0.476. The number of nitrogens with one attached hydrogen (secondary N) is 2. The number of amides is 3. The molecule has 3 aliphatic carbocycles. The number of hydrogen-bond donors (Lipinski definition) is 2. The minimum absolute atomic E-state index is 0.122. The molecule has 0 radical (unpaired) electrons. The van der Waals surface area contributed by atoms with Gasteiger partial charge in [0.2, 0.25) is 5.91 Å². The lowest BCUT2D eigenvalue weighted by atomic mass is 9.83. The number of allylic oxidation sites excluding steroid dienone is 3. The van der Waals surface area contributed by atoms with Crippen LogP contribution in [0.2, 0.25) is 0 Å². The molecule has 1 aliphatic heterocycles. The van der Waals surface area contributed by atoms with Crippen molar-refractivity contribution in [2.45, 2.75) is 56.8 Å². The summed E-state index contributed by atoms with van der Waals surface area (Å²) in [6.45, 7) is 0. The maximum atomic E-state index is 13.7. The predicted molar refractivity (Wildman–Crippen MR) is 167 cm³/mol. The number of likely N-dealkylation sites (N-methyl/N-ethyl adjacent to an activating group) is 1. The minimum Gasteiger partial charge on any atom is -0.496 e. The van der Waals surface area contributed by atoms with Crippen molar-refractivity contribution in [3.63, 3.8) is 0 Å². The molecule has 2 atom stereocenters. The summed E-state index contributed by atoms with van der Waals surface area (Å²) in [6.07, 6.45) is 11.2. The van der Waals surface area contributed by atoms with Crippen molar-refractivity contribution >= 4 is 44.7 Å². The van der Waals surface area contributed by atoms with Gasteiger partial charge in [0.05, 0.1) is 18.5 Å². The molecule has 44 heavy (non-hydrogen) atoms. The van der Waals surface area contributed by atoms with E-state index in [1.54, 1.807) is 7.11 Å². The average molecular weight is 622 g/mol. The molecule has 1 aromatic heterocycles. The van der Waals surface area contributed by atoms with Gasteiger partial charge < -0.3 is 15.0 Å². The van der Waals surface area contributed by atoms with E-state index in [0.29, 0.717) is 28.6 Å². The summed E-state index contributed by atoms with van der Waals surface area (Å²) in [7, 11) is 3.26. The van der Waals surface area contributed by atoms with Crippen LogP contribution in [0.15, 0.2) is 47.1 Å². The number of hydrogen-bond acceptors (Lipinski definition) is 6. The van der Waals surface area contributed by atoms with E-state index in [2.05, 4.69) is 28.2 Å². The number of carbonyl (C=O) groups excluding carboxylic acids is 3. The predicted octanol–water partition coefficient (Wildman–Crippen LogP) is 3.37. The summed E-state index contributed by atoms with van der Waals surface area (Å²) >= 11 is 0. The molecule has 2 N–H and O–H groups in total. The van der Waals surface area contributed by atoms with Gasteiger partial charge in [0.25, 0.3) is 0 Å². The highest BCUT2D eigenvalue weighted by atomic mass is 32.2. The lowest BCUT2D eigenvalue weighted by Crippen LogP contribution is -2.41. The van der Waals surface area contributed by atoms with Crippen molar-refractivity contribution < 1.29 is 27.5 Å². The van der Waals surface area contributed by atoms with Gasteiger partial charge in [-0.3, -0.25) is 19.0 Å². The van der Waals surface area contributed by atoms with Crippen LogP contribution >= 0.6 is 0 Å². The topological polar surface area (TPSA) is 130 Å². The summed E-state index contributed by atoms with van der Waals surface area (Å²) < 4.78 is 36.4. The monoisotopic (exact) mass is 621 g/mol. The zero-order chi connectivity index (χ0) is 31.5. The lowest BCUT2D eigenvalue weighted by molar-refractivity contribution is -0.143. The molecule has 4 aliphatic rings. The van der Waals surface area contributed by atoms with Crippen LogP contribution in [0.5, 0.6) is 5.75 Å². The van der Waals surface area contributed by atoms with E-state index in [-0.39, 0.29) is 5.92 Å². The molecule has 12 heteroatoms. The Morgan fingerprint density at radius 1 is 1.00 bits per heavy atom. The molecule has 6 rings (SSSR count). The van der Waals surface area contributed by atoms with Gasteiger partial charge in [0, 0.05) is 50.8 Å². The number of methoxy groups -OCH3 is 1. The van der Waals surface area contributed by atoms with E-state index in [1.165, 1.54) is 39.5 Å². The van der Waals surface area contributed by atoms with Gasteiger partial charge in [0.15, 0.2) is 0 Å². The number of benzene rings is 1. The second-order valence-electron chi connectivity index (χ2n) is 12.4. The van der Waals surface area contributed by atoms with Crippen molar-refractivity contribution in [1.82, 2.24) is 23.8 Å². The molecule has 234 valence electrons. The molecule has 0 bridgehead atoms.